The third-order valence-corrected chi connectivity index (χ3v) is 4.86. The number of hydrogen-bond donors (Lipinski definition) is 1. The number of hydrogen-bond acceptors (Lipinski definition) is 5. The molecule has 1 fully saturated rings. The van der Waals surface area contributed by atoms with Crippen LogP contribution in [0, 0.1) is 0 Å². The Balaban J connectivity index is 0.00000240. The average molecular weight is 417 g/mol. The number of para-hydroxylation sites is 1. The van der Waals surface area contributed by atoms with Crippen LogP contribution in [0.3, 0.4) is 0 Å². The maximum absolute atomic E-state index is 13.5. The van der Waals surface area contributed by atoms with Gasteiger partial charge in [-0.15, -0.1) is 12.4 Å². The Morgan fingerprint density at radius 2 is 2.10 bits per heavy atom. The second-order valence-electron chi connectivity index (χ2n) is 6.67. The Morgan fingerprint density at radius 3 is 2.79 bits per heavy atom. The first kappa shape index (κ1) is 20.9. The quantitative estimate of drug-likeness (QED) is 0.690. The van der Waals surface area contributed by atoms with Crippen molar-refractivity contribution in [1.82, 2.24) is 29.5 Å². The number of imidazole rings is 1. The Kier molecular flexibility index (Phi) is 6.56. The Hall–Kier alpha value is -2.84. The summed E-state index contributed by atoms with van der Waals surface area (Å²) in [6.07, 6.45) is 5.41. The molecule has 1 atom stereocenters. The smallest absolute Gasteiger partial charge is 0.278 e. The van der Waals surface area contributed by atoms with Gasteiger partial charge >= 0.3 is 0 Å². The minimum absolute atomic E-state index is 0. The first-order valence-corrected chi connectivity index (χ1v) is 9.46. The van der Waals surface area contributed by atoms with E-state index in [0.29, 0.717) is 31.1 Å². The largest absolute Gasteiger partial charge is 0.490 e. The molecule has 0 aliphatic carbocycles. The minimum Gasteiger partial charge on any atom is -0.490 e. The fourth-order valence-corrected chi connectivity index (χ4v) is 3.49. The van der Waals surface area contributed by atoms with Crippen molar-refractivity contribution in [1.29, 1.82) is 0 Å². The van der Waals surface area contributed by atoms with Crippen molar-refractivity contribution in [3.05, 3.63) is 60.4 Å². The summed E-state index contributed by atoms with van der Waals surface area (Å²) in [5.41, 5.74) is 1.20. The lowest BCUT2D eigenvalue weighted by Gasteiger charge is -2.35. The molecule has 0 radical (unpaired) electrons. The summed E-state index contributed by atoms with van der Waals surface area (Å²) in [6.45, 7) is 4.33. The molecule has 2 aromatic heterocycles. The number of carbonyl (C=O) groups is 1. The molecule has 1 saturated heterocycles. The van der Waals surface area contributed by atoms with Gasteiger partial charge in [-0.25, -0.2) is 9.67 Å². The Morgan fingerprint density at radius 1 is 1.31 bits per heavy atom. The number of piperazine rings is 1. The second-order valence-corrected chi connectivity index (χ2v) is 6.67. The van der Waals surface area contributed by atoms with Crippen LogP contribution in [0.4, 0.5) is 0 Å². The zero-order valence-electron chi connectivity index (χ0n) is 16.5. The van der Waals surface area contributed by atoms with Crippen LogP contribution in [0.25, 0.3) is 5.69 Å². The highest BCUT2D eigenvalue weighted by molar-refractivity contribution is 5.95. The summed E-state index contributed by atoms with van der Waals surface area (Å²) in [6, 6.07) is 9.55. The number of rotatable bonds is 5. The zero-order valence-corrected chi connectivity index (χ0v) is 17.3. The highest BCUT2D eigenvalue weighted by Crippen LogP contribution is 2.27. The number of amides is 1. The van der Waals surface area contributed by atoms with Crippen molar-refractivity contribution in [3.63, 3.8) is 0 Å². The van der Waals surface area contributed by atoms with Gasteiger partial charge in [0.1, 0.15) is 11.9 Å². The fraction of sp³-hybridized carbons (Fsp3) is 0.350. The number of carbonyl (C=O) groups excluding carboxylic acids is 1. The van der Waals surface area contributed by atoms with Crippen LogP contribution in [0.2, 0.25) is 0 Å². The Labute approximate surface area is 175 Å². The third-order valence-electron chi connectivity index (χ3n) is 4.86. The van der Waals surface area contributed by atoms with Gasteiger partial charge in [0.15, 0.2) is 11.4 Å². The lowest BCUT2D eigenvalue weighted by atomic mass is 10.1. The molecule has 3 aromatic rings. The van der Waals surface area contributed by atoms with E-state index in [4.69, 9.17) is 4.74 Å². The number of nitrogens with zero attached hydrogens (tertiary/aromatic N) is 5. The molecular weight excluding hydrogens is 392 g/mol. The molecule has 8 nitrogen and oxygen atoms in total. The van der Waals surface area contributed by atoms with Crippen molar-refractivity contribution in [2.75, 3.05) is 26.2 Å². The van der Waals surface area contributed by atoms with Crippen molar-refractivity contribution in [2.45, 2.75) is 13.0 Å². The molecule has 29 heavy (non-hydrogen) atoms. The summed E-state index contributed by atoms with van der Waals surface area (Å²) >= 11 is 0. The van der Waals surface area contributed by atoms with E-state index in [1.165, 1.54) is 0 Å². The minimum atomic E-state index is -0.155. The molecule has 3 heterocycles. The lowest BCUT2D eigenvalue weighted by Crippen LogP contribution is -2.49. The number of aryl methyl sites for hydroxylation is 1. The monoisotopic (exact) mass is 416 g/mol. The normalized spacial score (nSPS) is 16.3. The zero-order chi connectivity index (χ0) is 19.5. The predicted molar refractivity (Wildman–Crippen MR) is 112 cm³/mol. The summed E-state index contributed by atoms with van der Waals surface area (Å²) in [7, 11) is 1.94. The van der Waals surface area contributed by atoms with E-state index in [1.807, 2.05) is 60.0 Å². The van der Waals surface area contributed by atoms with E-state index < -0.39 is 0 Å². The third kappa shape index (κ3) is 4.13. The summed E-state index contributed by atoms with van der Waals surface area (Å²) in [4.78, 5) is 19.7. The molecule has 0 spiro atoms. The van der Waals surface area contributed by atoms with E-state index in [9.17, 15) is 4.79 Å². The van der Waals surface area contributed by atoms with Crippen LogP contribution in [0.5, 0.6) is 5.75 Å². The van der Waals surface area contributed by atoms with E-state index in [-0.39, 0.29) is 24.4 Å². The maximum Gasteiger partial charge on any atom is 0.278 e. The van der Waals surface area contributed by atoms with Gasteiger partial charge in [-0.3, -0.25) is 4.79 Å². The van der Waals surface area contributed by atoms with Gasteiger partial charge in [0, 0.05) is 39.1 Å². The number of ether oxygens (including phenoxy) is 1. The maximum atomic E-state index is 13.5. The van der Waals surface area contributed by atoms with E-state index in [1.54, 1.807) is 17.1 Å². The van der Waals surface area contributed by atoms with Crippen molar-refractivity contribution >= 4 is 18.3 Å². The predicted octanol–water partition coefficient (Wildman–Crippen LogP) is 2.21. The molecule has 0 bridgehead atoms. The van der Waals surface area contributed by atoms with Crippen molar-refractivity contribution in [3.8, 4) is 11.4 Å². The molecule has 4 rings (SSSR count). The number of nitrogens with one attached hydrogen (secondary N) is 1. The van der Waals surface area contributed by atoms with Crippen LogP contribution < -0.4 is 10.1 Å². The van der Waals surface area contributed by atoms with Crippen LogP contribution in [0.1, 0.15) is 29.3 Å². The molecular formula is C20H25ClN6O2. The molecule has 1 N–H and O–H groups in total. The van der Waals surface area contributed by atoms with Gasteiger partial charge in [-0.2, -0.15) is 5.10 Å². The van der Waals surface area contributed by atoms with Crippen LogP contribution >= 0.6 is 12.4 Å². The fourth-order valence-electron chi connectivity index (χ4n) is 3.49. The van der Waals surface area contributed by atoms with Crippen LogP contribution in [-0.2, 0) is 7.05 Å². The second kappa shape index (κ2) is 9.11. The molecule has 9 heteroatoms. The lowest BCUT2D eigenvalue weighted by molar-refractivity contribution is 0.0610. The summed E-state index contributed by atoms with van der Waals surface area (Å²) in [5.74, 6) is 1.20. The highest BCUT2D eigenvalue weighted by atomic mass is 35.5. The molecule has 1 aliphatic rings. The van der Waals surface area contributed by atoms with E-state index in [2.05, 4.69) is 15.4 Å². The van der Waals surface area contributed by atoms with Crippen LogP contribution in [0.15, 0.2) is 48.9 Å². The highest BCUT2D eigenvalue weighted by Gasteiger charge is 2.34. The SMILES string of the molecule is CCOc1cn(-c2ccccc2)nc1C(=O)N1CCNCC1c1nccn1C.Cl. The first-order chi connectivity index (χ1) is 13.7. The number of benzene rings is 1. The standard InChI is InChI=1S/C20H24N6O2.ClH/c1-3-28-17-14-26(15-7-5-4-6-8-15)23-18(17)20(27)25-12-9-21-13-16(25)19-22-10-11-24(19)2;/h4-8,10-11,14,16,21H,3,9,12-13H2,1-2H3;1H. The van der Waals surface area contributed by atoms with Crippen molar-refractivity contribution < 1.29 is 9.53 Å². The van der Waals surface area contributed by atoms with Crippen molar-refractivity contribution in [2.24, 2.45) is 7.05 Å². The van der Waals surface area contributed by atoms with Gasteiger partial charge in [-0.05, 0) is 19.1 Å². The molecule has 154 valence electrons. The summed E-state index contributed by atoms with van der Waals surface area (Å²) in [5, 5.41) is 7.92. The summed E-state index contributed by atoms with van der Waals surface area (Å²) < 4.78 is 9.37. The average Bonchev–Trinajstić information content (AvgIpc) is 3.35. The number of halogens is 1. The molecule has 1 amide bonds. The molecule has 0 saturated carbocycles. The van der Waals surface area contributed by atoms with E-state index in [0.717, 1.165) is 18.1 Å². The van der Waals surface area contributed by atoms with Gasteiger partial charge < -0.3 is 19.5 Å². The first-order valence-electron chi connectivity index (χ1n) is 9.46. The van der Waals surface area contributed by atoms with Gasteiger partial charge in [0.05, 0.1) is 18.5 Å². The van der Waals surface area contributed by atoms with Gasteiger partial charge in [0.2, 0.25) is 0 Å². The van der Waals surface area contributed by atoms with Crippen LogP contribution in [-0.4, -0.2) is 56.4 Å². The Bertz CT molecular complexity index is 955. The van der Waals surface area contributed by atoms with E-state index >= 15 is 0 Å². The topological polar surface area (TPSA) is 77.2 Å². The molecule has 1 aliphatic heterocycles. The van der Waals surface area contributed by atoms with Gasteiger partial charge in [0.25, 0.3) is 5.91 Å². The molecule has 1 aromatic carbocycles. The molecule has 1 unspecified atom stereocenters. The van der Waals surface area contributed by atoms with Gasteiger partial charge in [-0.1, -0.05) is 18.2 Å². The number of aromatic nitrogens is 4.